The number of hydrogen-bond donors (Lipinski definition) is 1. The molecule has 0 bridgehead atoms. The Balaban J connectivity index is 0.000000295. The number of aromatic hydroxyl groups is 1. The molecular weight excluding hydrogens is 795 g/mol. The second-order valence-electron chi connectivity index (χ2n) is 13.4. The zero-order valence-corrected chi connectivity index (χ0v) is 33.0. The van der Waals surface area contributed by atoms with Crippen LogP contribution in [0.2, 0.25) is 0 Å². The average Bonchev–Trinajstić information content (AvgIpc) is 3.22. The molecule has 0 fully saturated rings. The van der Waals surface area contributed by atoms with Crippen molar-refractivity contribution < 1.29 is 69.9 Å². The number of alkyl halides is 3. The molecule has 0 aromatic heterocycles. The summed E-state index contributed by atoms with van der Waals surface area (Å²) >= 11 is 0. The van der Waals surface area contributed by atoms with Crippen LogP contribution in [0.25, 0.3) is 0 Å². The van der Waals surface area contributed by atoms with Crippen LogP contribution in [0.1, 0.15) is 50.5 Å². The Kier molecular flexibility index (Phi) is 16.0. The van der Waals surface area contributed by atoms with Crippen molar-refractivity contribution in [3.05, 3.63) is 156 Å². The van der Waals surface area contributed by atoms with E-state index in [1.165, 1.54) is 67.6 Å². The Hall–Kier alpha value is -6.64. The normalized spacial score (nSPS) is 13.5. The lowest BCUT2D eigenvalue weighted by Gasteiger charge is -2.35. The van der Waals surface area contributed by atoms with Gasteiger partial charge in [-0.2, -0.15) is 13.2 Å². The van der Waals surface area contributed by atoms with Crippen LogP contribution in [0, 0.1) is 11.6 Å². The second-order valence-corrected chi connectivity index (χ2v) is 13.4. The maximum absolute atomic E-state index is 13.4. The molecule has 5 aromatic carbocycles. The zero-order valence-electron chi connectivity index (χ0n) is 33.0. The monoisotopic (exact) mass is 838 g/mol. The van der Waals surface area contributed by atoms with Gasteiger partial charge in [0.05, 0.1) is 13.2 Å². The Morgan fingerprint density at radius 2 is 1.10 bits per heavy atom. The Morgan fingerprint density at radius 3 is 1.62 bits per heavy atom. The summed E-state index contributed by atoms with van der Waals surface area (Å²) in [4.78, 5) is 37.2. The van der Waals surface area contributed by atoms with Crippen molar-refractivity contribution >= 4 is 17.9 Å². The molecule has 0 aliphatic heterocycles. The second kappa shape index (κ2) is 20.9. The van der Waals surface area contributed by atoms with Crippen molar-refractivity contribution in [3.63, 3.8) is 0 Å². The van der Waals surface area contributed by atoms with Gasteiger partial charge in [0.2, 0.25) is 11.2 Å². The van der Waals surface area contributed by atoms with Crippen LogP contribution in [0.15, 0.2) is 127 Å². The van der Waals surface area contributed by atoms with E-state index in [1.807, 2.05) is 30.3 Å². The Bertz CT molecular complexity index is 2080. The first-order valence-corrected chi connectivity index (χ1v) is 18.5. The first-order valence-electron chi connectivity index (χ1n) is 18.5. The van der Waals surface area contributed by atoms with Gasteiger partial charge in [-0.1, -0.05) is 54.6 Å². The molecule has 0 aliphatic carbocycles. The number of esters is 3. The van der Waals surface area contributed by atoms with Crippen LogP contribution in [-0.4, -0.2) is 53.6 Å². The van der Waals surface area contributed by atoms with E-state index in [9.17, 15) is 41.4 Å². The summed E-state index contributed by atoms with van der Waals surface area (Å²) in [6.07, 6.45) is -6.99. The summed E-state index contributed by atoms with van der Waals surface area (Å²) in [5.74, 6) is -4.27. The molecule has 3 unspecified atom stereocenters. The van der Waals surface area contributed by atoms with Crippen LogP contribution in [0.3, 0.4) is 0 Å². The molecule has 0 radical (unpaired) electrons. The minimum absolute atomic E-state index is 0.00215. The van der Waals surface area contributed by atoms with Crippen LogP contribution in [-0.2, 0) is 41.6 Å². The molecule has 10 nitrogen and oxygen atoms in total. The van der Waals surface area contributed by atoms with E-state index in [4.69, 9.17) is 28.4 Å². The molecule has 5 aromatic rings. The molecule has 0 saturated carbocycles. The van der Waals surface area contributed by atoms with Gasteiger partial charge in [0, 0.05) is 6.42 Å². The van der Waals surface area contributed by atoms with Crippen molar-refractivity contribution in [2.75, 3.05) is 13.2 Å². The maximum Gasteiger partial charge on any atom is 0.490 e. The molecule has 0 amide bonds. The highest BCUT2D eigenvalue weighted by molar-refractivity contribution is 5.83. The van der Waals surface area contributed by atoms with Crippen LogP contribution in [0.4, 0.5) is 22.0 Å². The smallest absolute Gasteiger partial charge is 0.490 e. The van der Waals surface area contributed by atoms with Crippen molar-refractivity contribution in [2.24, 2.45) is 0 Å². The van der Waals surface area contributed by atoms with Gasteiger partial charge < -0.3 is 33.5 Å². The van der Waals surface area contributed by atoms with Gasteiger partial charge >= 0.3 is 24.1 Å². The summed E-state index contributed by atoms with van der Waals surface area (Å²) in [5.41, 5.74) is -1.83. The van der Waals surface area contributed by atoms with Gasteiger partial charge in [-0.15, -0.1) is 0 Å². The van der Waals surface area contributed by atoms with E-state index >= 15 is 0 Å². The number of carbonyl (C=O) groups is 3. The summed E-state index contributed by atoms with van der Waals surface area (Å²) in [6.45, 7) is 6.30. The average molecular weight is 839 g/mol. The molecule has 318 valence electrons. The van der Waals surface area contributed by atoms with Crippen LogP contribution < -0.4 is 14.2 Å². The molecule has 3 atom stereocenters. The summed E-state index contributed by atoms with van der Waals surface area (Å²) in [6, 6.07) is 31.3. The number of carbonyl (C=O) groups excluding carboxylic acids is 3. The standard InChI is InChI=1S/C27H24F4O6.C18H19FO4/c1-3-34-24(32)26(2,37-22-15-11-20(28)12-16-22)23(36-25(33)27(29,30)31)19-9-13-21(14-10-19)35-17-18-7-5-4-6-8-18;1-3-22-17(21)18(2,12-13-4-8-15(20)9-5-13)23-16-10-6-14(19)7-11-16/h4-16,23H,3,17H2,1-2H3;4-11,20H,3,12H2,1-2H3. The predicted molar refractivity (Wildman–Crippen MR) is 208 cm³/mol. The molecule has 0 aliphatic rings. The SMILES string of the molecule is CCOC(=O)C(C)(Cc1ccc(O)cc1)Oc1ccc(F)cc1.CCOC(=O)C(C)(Oc1ccc(F)cc1)C(OC(=O)C(F)(F)F)c1ccc(OCc2ccccc2)cc1. The Labute approximate surface area is 343 Å². The highest BCUT2D eigenvalue weighted by Gasteiger charge is 2.52. The lowest BCUT2D eigenvalue weighted by molar-refractivity contribution is -0.216. The molecule has 0 heterocycles. The molecule has 15 heteroatoms. The van der Waals surface area contributed by atoms with Gasteiger partial charge in [0.15, 0.2) is 6.10 Å². The summed E-state index contributed by atoms with van der Waals surface area (Å²) < 4.78 is 98.1. The largest absolute Gasteiger partial charge is 0.508 e. The number of rotatable bonds is 16. The van der Waals surface area contributed by atoms with Crippen LogP contribution in [0.5, 0.6) is 23.0 Å². The Morgan fingerprint density at radius 1 is 0.600 bits per heavy atom. The van der Waals surface area contributed by atoms with E-state index in [1.54, 1.807) is 38.1 Å². The van der Waals surface area contributed by atoms with E-state index in [2.05, 4.69) is 0 Å². The summed E-state index contributed by atoms with van der Waals surface area (Å²) in [7, 11) is 0. The quantitative estimate of drug-likeness (QED) is 0.0584. The highest BCUT2D eigenvalue weighted by Crippen LogP contribution is 2.38. The number of phenolic OH excluding ortho intramolecular Hbond substituents is 1. The van der Waals surface area contributed by atoms with Gasteiger partial charge in [-0.3, -0.25) is 0 Å². The van der Waals surface area contributed by atoms with E-state index in [-0.39, 0.29) is 49.1 Å². The molecular formula is C45H43F5O10. The van der Waals surface area contributed by atoms with Crippen molar-refractivity contribution in [3.8, 4) is 23.0 Å². The number of halogens is 5. The number of phenols is 1. The van der Waals surface area contributed by atoms with Gasteiger partial charge in [0.1, 0.15) is 41.2 Å². The third-order valence-corrected chi connectivity index (χ3v) is 8.55. The zero-order chi connectivity index (χ0) is 43.9. The van der Waals surface area contributed by atoms with Gasteiger partial charge in [-0.25, -0.2) is 23.2 Å². The highest BCUT2D eigenvalue weighted by atomic mass is 19.4. The molecule has 5 rings (SSSR count). The number of benzene rings is 5. The molecule has 0 spiro atoms. The minimum atomic E-state index is -5.34. The lowest BCUT2D eigenvalue weighted by atomic mass is 9.91. The van der Waals surface area contributed by atoms with Crippen LogP contribution >= 0.6 is 0 Å². The fourth-order valence-corrected chi connectivity index (χ4v) is 5.58. The molecule has 1 N–H and O–H groups in total. The van der Waals surface area contributed by atoms with E-state index in [0.717, 1.165) is 30.2 Å². The van der Waals surface area contributed by atoms with Crippen molar-refractivity contribution in [2.45, 2.75) is 64.2 Å². The van der Waals surface area contributed by atoms with E-state index < -0.39 is 47.2 Å². The van der Waals surface area contributed by atoms with Crippen molar-refractivity contribution in [1.82, 2.24) is 0 Å². The maximum atomic E-state index is 13.4. The first kappa shape index (κ1) is 46.1. The van der Waals surface area contributed by atoms with Gasteiger partial charge in [-0.05, 0) is 117 Å². The third kappa shape index (κ3) is 13.2. The topological polar surface area (TPSA) is 127 Å². The fourth-order valence-electron chi connectivity index (χ4n) is 5.58. The third-order valence-electron chi connectivity index (χ3n) is 8.55. The summed E-state index contributed by atoms with van der Waals surface area (Å²) in [5, 5.41) is 9.35. The van der Waals surface area contributed by atoms with Gasteiger partial charge in [0.25, 0.3) is 0 Å². The van der Waals surface area contributed by atoms with Crippen molar-refractivity contribution in [1.29, 1.82) is 0 Å². The first-order chi connectivity index (χ1) is 28.4. The minimum Gasteiger partial charge on any atom is -0.508 e. The lowest BCUT2D eigenvalue weighted by Crippen LogP contribution is -2.50. The predicted octanol–water partition coefficient (Wildman–Crippen LogP) is 9.43. The van der Waals surface area contributed by atoms with E-state index in [0.29, 0.717) is 11.5 Å². The fraction of sp³-hybridized carbons (Fsp3) is 0.267. The molecule has 0 saturated heterocycles. The number of hydrogen-bond acceptors (Lipinski definition) is 10. The molecule has 60 heavy (non-hydrogen) atoms. The number of ether oxygens (including phenoxy) is 6.